The van der Waals surface area contributed by atoms with E-state index in [-0.39, 0.29) is 5.78 Å². The van der Waals surface area contributed by atoms with Crippen molar-refractivity contribution in [3.8, 4) is 0 Å². The predicted molar refractivity (Wildman–Crippen MR) is 121 cm³/mol. The van der Waals surface area contributed by atoms with Crippen LogP contribution in [0.2, 0.25) is 0 Å². The van der Waals surface area contributed by atoms with Crippen LogP contribution in [-0.4, -0.2) is 17.5 Å². The van der Waals surface area contributed by atoms with Crippen molar-refractivity contribution in [2.24, 2.45) is 0 Å². The van der Waals surface area contributed by atoms with E-state index in [2.05, 4.69) is 13.0 Å². The summed E-state index contributed by atoms with van der Waals surface area (Å²) in [6, 6.07) is 7.73. The third kappa shape index (κ3) is 13.1. The van der Waals surface area contributed by atoms with Crippen LogP contribution in [-0.2, 0) is 6.42 Å². The van der Waals surface area contributed by atoms with Gasteiger partial charge in [-0.2, -0.15) is 0 Å². The molecule has 28 heavy (non-hydrogen) atoms. The third-order valence-electron chi connectivity index (χ3n) is 5.71. The van der Waals surface area contributed by atoms with Gasteiger partial charge < -0.3 is 5.11 Å². The Morgan fingerprint density at radius 2 is 1.18 bits per heavy atom. The standard InChI is InChI=1S/C26H44O2/c1-2-3-4-5-6-7-8-9-10-11-12-13-14-15-16-17-19-24-20-18-21-25(22-24)26(28)23-27/h18,20-22,27H,2-17,19,23H2,1H3. The number of benzene rings is 1. The molecule has 0 radical (unpaired) electrons. The molecule has 0 atom stereocenters. The van der Waals surface area contributed by atoms with Crippen LogP contribution in [0.5, 0.6) is 0 Å². The van der Waals surface area contributed by atoms with E-state index in [9.17, 15) is 4.79 Å². The molecule has 0 spiro atoms. The van der Waals surface area contributed by atoms with Crippen LogP contribution in [0, 0.1) is 0 Å². The number of carbonyl (C=O) groups is 1. The van der Waals surface area contributed by atoms with Crippen LogP contribution in [0.25, 0.3) is 0 Å². The first-order valence-electron chi connectivity index (χ1n) is 12.0. The van der Waals surface area contributed by atoms with Crippen molar-refractivity contribution in [3.63, 3.8) is 0 Å². The molecule has 0 aliphatic rings. The van der Waals surface area contributed by atoms with E-state index >= 15 is 0 Å². The second-order valence-corrected chi connectivity index (χ2v) is 8.33. The number of aliphatic hydroxyl groups is 1. The first kappa shape index (κ1) is 24.9. The van der Waals surface area contributed by atoms with Crippen LogP contribution >= 0.6 is 0 Å². The van der Waals surface area contributed by atoms with Crippen LogP contribution in [0.15, 0.2) is 24.3 Å². The Balaban J connectivity index is 1.86. The van der Waals surface area contributed by atoms with Crippen molar-refractivity contribution in [2.75, 3.05) is 6.61 Å². The Labute approximate surface area is 174 Å². The van der Waals surface area contributed by atoms with Gasteiger partial charge in [0.05, 0.1) is 0 Å². The Hall–Kier alpha value is -1.15. The smallest absolute Gasteiger partial charge is 0.188 e. The maximum absolute atomic E-state index is 11.5. The highest BCUT2D eigenvalue weighted by Crippen LogP contribution is 2.15. The van der Waals surface area contributed by atoms with Crippen molar-refractivity contribution in [2.45, 2.75) is 116 Å². The van der Waals surface area contributed by atoms with Gasteiger partial charge in [0.25, 0.3) is 0 Å². The molecule has 0 aromatic heterocycles. The number of aliphatic hydroxyl groups excluding tert-OH is 1. The van der Waals surface area contributed by atoms with E-state index in [0.29, 0.717) is 5.56 Å². The van der Waals surface area contributed by atoms with Gasteiger partial charge in [-0.3, -0.25) is 4.79 Å². The van der Waals surface area contributed by atoms with Gasteiger partial charge in [0, 0.05) is 5.56 Å². The molecule has 1 N–H and O–H groups in total. The monoisotopic (exact) mass is 388 g/mol. The molecule has 1 aromatic carbocycles. The highest BCUT2D eigenvalue weighted by atomic mass is 16.3. The number of aryl methyl sites for hydroxylation is 1. The van der Waals surface area contributed by atoms with Gasteiger partial charge in [-0.25, -0.2) is 0 Å². The molecule has 0 saturated carbocycles. The minimum absolute atomic E-state index is 0.186. The first-order chi connectivity index (χ1) is 13.8. The zero-order chi connectivity index (χ0) is 20.3. The number of ketones is 1. The summed E-state index contributed by atoms with van der Waals surface area (Å²) in [7, 11) is 0. The zero-order valence-corrected chi connectivity index (χ0v) is 18.4. The normalized spacial score (nSPS) is 11.1. The molecule has 1 aromatic rings. The van der Waals surface area contributed by atoms with E-state index in [4.69, 9.17) is 5.11 Å². The summed E-state index contributed by atoms with van der Waals surface area (Å²) in [4.78, 5) is 11.5. The lowest BCUT2D eigenvalue weighted by atomic mass is 10.0. The Morgan fingerprint density at radius 3 is 1.64 bits per heavy atom. The Bertz CT molecular complexity index is 495. The number of hydrogen-bond acceptors (Lipinski definition) is 2. The fraction of sp³-hybridized carbons (Fsp3) is 0.731. The maximum atomic E-state index is 11.5. The molecule has 0 aliphatic heterocycles. The van der Waals surface area contributed by atoms with Gasteiger partial charge in [-0.15, -0.1) is 0 Å². The van der Waals surface area contributed by atoms with Crippen molar-refractivity contribution in [3.05, 3.63) is 35.4 Å². The average Bonchev–Trinajstić information content (AvgIpc) is 2.73. The molecule has 0 heterocycles. The summed E-state index contributed by atoms with van der Waals surface area (Å²) in [5.41, 5.74) is 1.85. The largest absolute Gasteiger partial charge is 0.388 e. The highest BCUT2D eigenvalue weighted by Gasteiger charge is 2.04. The molecule has 0 fully saturated rings. The van der Waals surface area contributed by atoms with E-state index in [1.165, 1.54) is 108 Å². The van der Waals surface area contributed by atoms with Gasteiger partial charge in [0.15, 0.2) is 5.78 Å². The lowest BCUT2D eigenvalue weighted by Crippen LogP contribution is -2.04. The second-order valence-electron chi connectivity index (χ2n) is 8.33. The van der Waals surface area contributed by atoms with Crippen LogP contribution in [0.4, 0.5) is 0 Å². The van der Waals surface area contributed by atoms with Gasteiger partial charge >= 0.3 is 0 Å². The Morgan fingerprint density at radius 1 is 0.714 bits per heavy atom. The molecule has 1 rings (SSSR count). The number of Topliss-reactive ketones (excluding diaryl/α,β-unsaturated/α-hetero) is 1. The predicted octanol–water partition coefficient (Wildman–Crippen LogP) is 7.67. The number of hydrogen-bond donors (Lipinski definition) is 1. The number of carbonyl (C=O) groups excluding carboxylic acids is 1. The van der Waals surface area contributed by atoms with Crippen LogP contribution < -0.4 is 0 Å². The molecule has 2 nitrogen and oxygen atoms in total. The molecule has 0 aliphatic carbocycles. The van der Waals surface area contributed by atoms with Crippen LogP contribution in [0.1, 0.15) is 126 Å². The summed E-state index contributed by atoms with van der Waals surface area (Å²) in [6.07, 6.45) is 23.2. The number of unbranched alkanes of at least 4 members (excludes halogenated alkanes) is 15. The van der Waals surface area contributed by atoms with E-state index in [1.807, 2.05) is 12.1 Å². The molecular weight excluding hydrogens is 344 g/mol. The fourth-order valence-corrected chi connectivity index (χ4v) is 3.87. The van der Waals surface area contributed by atoms with E-state index < -0.39 is 6.61 Å². The van der Waals surface area contributed by atoms with Crippen molar-refractivity contribution < 1.29 is 9.90 Å². The quantitative estimate of drug-likeness (QED) is 0.195. The average molecular weight is 389 g/mol. The first-order valence-corrected chi connectivity index (χ1v) is 12.0. The van der Waals surface area contributed by atoms with Crippen molar-refractivity contribution >= 4 is 5.78 Å². The van der Waals surface area contributed by atoms with Gasteiger partial charge in [-0.05, 0) is 24.5 Å². The summed E-state index contributed by atoms with van der Waals surface area (Å²) in [6.45, 7) is 1.88. The Kier molecular flexibility index (Phi) is 15.9. The highest BCUT2D eigenvalue weighted by molar-refractivity contribution is 5.97. The lowest BCUT2D eigenvalue weighted by Gasteiger charge is -2.05. The van der Waals surface area contributed by atoms with E-state index in [1.54, 1.807) is 6.07 Å². The number of rotatable bonds is 19. The molecule has 0 bridgehead atoms. The summed E-state index contributed by atoms with van der Waals surface area (Å²) < 4.78 is 0. The molecule has 0 amide bonds. The molecule has 0 saturated heterocycles. The maximum Gasteiger partial charge on any atom is 0.188 e. The summed E-state index contributed by atoms with van der Waals surface area (Å²) in [5, 5.41) is 8.95. The molecule has 160 valence electrons. The van der Waals surface area contributed by atoms with Crippen LogP contribution in [0.3, 0.4) is 0 Å². The van der Waals surface area contributed by atoms with Gasteiger partial charge in [0.1, 0.15) is 6.61 Å². The molecule has 2 heteroatoms. The summed E-state index contributed by atoms with van der Waals surface area (Å²) >= 11 is 0. The third-order valence-corrected chi connectivity index (χ3v) is 5.71. The SMILES string of the molecule is CCCCCCCCCCCCCCCCCCc1cccc(C(=O)CO)c1. The van der Waals surface area contributed by atoms with Crippen molar-refractivity contribution in [1.82, 2.24) is 0 Å². The minimum atomic E-state index is -0.400. The van der Waals surface area contributed by atoms with Crippen molar-refractivity contribution in [1.29, 1.82) is 0 Å². The van der Waals surface area contributed by atoms with Gasteiger partial charge in [-0.1, -0.05) is 121 Å². The van der Waals surface area contributed by atoms with E-state index in [0.717, 1.165) is 6.42 Å². The lowest BCUT2D eigenvalue weighted by molar-refractivity contribution is 0.0903. The topological polar surface area (TPSA) is 37.3 Å². The second kappa shape index (κ2) is 17.9. The minimum Gasteiger partial charge on any atom is -0.388 e. The zero-order valence-electron chi connectivity index (χ0n) is 18.4. The molecular formula is C26H44O2. The summed E-state index contributed by atoms with van der Waals surface area (Å²) in [5.74, 6) is -0.186. The molecule has 0 unspecified atom stereocenters. The van der Waals surface area contributed by atoms with Gasteiger partial charge in [0.2, 0.25) is 0 Å². The fourth-order valence-electron chi connectivity index (χ4n) is 3.87.